The largest absolute Gasteiger partial charge is 0.379 e. The molecule has 4 aromatic rings. The molecule has 160 valence electrons. The molecule has 1 saturated heterocycles. The van der Waals surface area contributed by atoms with Gasteiger partial charge in [-0.2, -0.15) is 0 Å². The maximum Gasteiger partial charge on any atom is 0.232 e. The van der Waals surface area contributed by atoms with E-state index >= 15 is 0 Å². The number of ether oxygens (including phenoxy) is 1. The lowest BCUT2D eigenvalue weighted by molar-refractivity contribution is -0.115. The second kappa shape index (κ2) is 8.37. The van der Waals surface area contributed by atoms with Gasteiger partial charge >= 0.3 is 0 Å². The summed E-state index contributed by atoms with van der Waals surface area (Å²) < 4.78 is 11.9. The van der Waals surface area contributed by atoms with E-state index in [1.54, 1.807) is 0 Å². The standard InChI is InChI=1S/C23H24N4O3S/c1-14-9-17-19(26-30-20(17)10-15(14)2)12-22(28)25-23-24-18-4-3-16(11-21(18)31-23)13-27-5-7-29-8-6-27/h3-4,9-11H,5-8,12-13H2,1-2H3,(H,24,25,28). The molecule has 0 atom stereocenters. The molecule has 5 rings (SSSR count). The number of morpholine rings is 1. The van der Waals surface area contributed by atoms with Crippen LogP contribution in [0.5, 0.6) is 0 Å². The Morgan fingerprint density at radius 3 is 2.81 bits per heavy atom. The van der Waals surface area contributed by atoms with Crippen LogP contribution in [0.1, 0.15) is 22.4 Å². The molecule has 1 N–H and O–H groups in total. The summed E-state index contributed by atoms with van der Waals surface area (Å²) in [6.45, 7) is 8.47. The van der Waals surface area contributed by atoms with Crippen LogP contribution in [-0.2, 0) is 22.5 Å². The average molecular weight is 437 g/mol. The fraction of sp³-hybridized carbons (Fsp3) is 0.348. The van der Waals surface area contributed by atoms with Crippen molar-refractivity contribution in [3.05, 3.63) is 52.7 Å². The van der Waals surface area contributed by atoms with Crippen molar-refractivity contribution in [3.8, 4) is 0 Å². The van der Waals surface area contributed by atoms with Crippen molar-refractivity contribution in [1.82, 2.24) is 15.0 Å². The van der Waals surface area contributed by atoms with Gasteiger partial charge in [0.05, 0.1) is 29.9 Å². The normalized spacial score (nSPS) is 15.0. The maximum absolute atomic E-state index is 12.6. The van der Waals surface area contributed by atoms with Crippen LogP contribution in [0.2, 0.25) is 0 Å². The molecule has 0 spiro atoms. The maximum atomic E-state index is 12.6. The summed E-state index contributed by atoms with van der Waals surface area (Å²) in [6, 6.07) is 10.3. The van der Waals surface area contributed by atoms with Crippen LogP contribution >= 0.6 is 11.3 Å². The summed E-state index contributed by atoms with van der Waals surface area (Å²) >= 11 is 1.49. The number of fused-ring (bicyclic) bond motifs is 2. The molecular weight excluding hydrogens is 412 g/mol. The van der Waals surface area contributed by atoms with E-state index in [9.17, 15) is 4.79 Å². The number of carbonyl (C=O) groups is 1. The van der Waals surface area contributed by atoms with Crippen LogP contribution in [0.15, 0.2) is 34.9 Å². The van der Waals surface area contributed by atoms with Crippen molar-refractivity contribution in [2.45, 2.75) is 26.8 Å². The zero-order chi connectivity index (χ0) is 21.4. The Hall–Kier alpha value is -2.81. The number of aryl methyl sites for hydroxylation is 2. The third kappa shape index (κ3) is 4.32. The van der Waals surface area contributed by atoms with Crippen molar-refractivity contribution in [1.29, 1.82) is 0 Å². The van der Waals surface area contributed by atoms with Gasteiger partial charge in [0.1, 0.15) is 5.69 Å². The van der Waals surface area contributed by atoms with Crippen LogP contribution in [0.25, 0.3) is 21.2 Å². The number of rotatable bonds is 5. The molecule has 0 bridgehead atoms. The summed E-state index contributed by atoms with van der Waals surface area (Å²) in [5.41, 5.74) is 5.78. The molecule has 0 aliphatic carbocycles. The average Bonchev–Trinajstić information content (AvgIpc) is 3.32. The summed E-state index contributed by atoms with van der Waals surface area (Å²) in [7, 11) is 0. The van der Waals surface area contributed by atoms with Crippen molar-refractivity contribution < 1.29 is 14.1 Å². The van der Waals surface area contributed by atoms with Crippen molar-refractivity contribution >= 4 is 43.6 Å². The Balaban J connectivity index is 1.28. The lowest BCUT2D eigenvalue weighted by Crippen LogP contribution is -2.35. The molecule has 0 radical (unpaired) electrons. The van der Waals surface area contributed by atoms with Gasteiger partial charge in [0.15, 0.2) is 10.7 Å². The molecule has 2 aromatic heterocycles. The van der Waals surface area contributed by atoms with Crippen molar-refractivity contribution in [2.24, 2.45) is 0 Å². The first-order chi connectivity index (χ1) is 15.0. The molecule has 1 aliphatic heterocycles. The van der Waals surface area contributed by atoms with E-state index in [-0.39, 0.29) is 12.3 Å². The first-order valence-electron chi connectivity index (χ1n) is 10.4. The molecule has 31 heavy (non-hydrogen) atoms. The Bertz CT molecular complexity index is 1260. The molecule has 2 aromatic carbocycles. The predicted octanol–water partition coefficient (Wildman–Crippen LogP) is 4.07. The van der Waals surface area contributed by atoms with Gasteiger partial charge in [0.25, 0.3) is 0 Å². The third-order valence-electron chi connectivity index (χ3n) is 5.70. The Labute approximate surface area is 184 Å². The Morgan fingerprint density at radius 1 is 1.16 bits per heavy atom. The highest BCUT2D eigenvalue weighted by molar-refractivity contribution is 7.22. The molecule has 0 unspecified atom stereocenters. The van der Waals surface area contributed by atoms with Crippen molar-refractivity contribution in [3.63, 3.8) is 0 Å². The first-order valence-corrected chi connectivity index (χ1v) is 11.2. The number of benzene rings is 2. The monoisotopic (exact) mass is 436 g/mol. The zero-order valence-corrected chi connectivity index (χ0v) is 18.4. The number of nitrogens with one attached hydrogen (secondary N) is 1. The van der Waals surface area contributed by atoms with Gasteiger partial charge < -0.3 is 14.6 Å². The number of hydrogen-bond donors (Lipinski definition) is 1. The van der Waals surface area contributed by atoms with E-state index < -0.39 is 0 Å². The minimum Gasteiger partial charge on any atom is -0.379 e. The number of hydrogen-bond acceptors (Lipinski definition) is 7. The van der Waals surface area contributed by atoms with Gasteiger partial charge in [-0.05, 0) is 54.8 Å². The van der Waals surface area contributed by atoms with Crippen LogP contribution in [0, 0.1) is 13.8 Å². The smallest absolute Gasteiger partial charge is 0.232 e. The highest BCUT2D eigenvalue weighted by Gasteiger charge is 2.16. The lowest BCUT2D eigenvalue weighted by Gasteiger charge is -2.26. The first kappa shape index (κ1) is 20.1. The van der Waals surface area contributed by atoms with E-state index in [2.05, 4.69) is 32.5 Å². The number of anilines is 1. The fourth-order valence-electron chi connectivity index (χ4n) is 3.83. The Kier molecular flexibility index (Phi) is 5.43. The molecule has 7 nitrogen and oxygen atoms in total. The summed E-state index contributed by atoms with van der Waals surface area (Å²) in [5.74, 6) is -0.152. The van der Waals surface area contributed by atoms with Crippen LogP contribution < -0.4 is 5.32 Å². The molecule has 0 saturated carbocycles. The van der Waals surface area contributed by atoms with Gasteiger partial charge in [0.2, 0.25) is 5.91 Å². The van der Waals surface area contributed by atoms with E-state index in [1.165, 1.54) is 16.9 Å². The molecule has 1 amide bonds. The quantitative estimate of drug-likeness (QED) is 0.508. The summed E-state index contributed by atoms with van der Waals surface area (Å²) in [5, 5.41) is 8.51. The second-order valence-electron chi connectivity index (χ2n) is 8.00. The third-order valence-corrected chi connectivity index (χ3v) is 6.63. The molecule has 3 heterocycles. The number of aromatic nitrogens is 2. The number of carbonyl (C=O) groups excluding carboxylic acids is 1. The Morgan fingerprint density at radius 2 is 1.97 bits per heavy atom. The highest BCUT2D eigenvalue weighted by Crippen LogP contribution is 2.28. The summed E-state index contributed by atoms with van der Waals surface area (Å²) in [6.07, 6.45) is 0.147. The molecule has 1 fully saturated rings. The van der Waals surface area contributed by atoms with E-state index in [4.69, 9.17) is 9.26 Å². The minimum atomic E-state index is -0.152. The van der Waals surface area contributed by atoms with Gasteiger partial charge in [-0.15, -0.1) is 0 Å². The van der Waals surface area contributed by atoms with Crippen LogP contribution in [0.4, 0.5) is 5.13 Å². The second-order valence-corrected chi connectivity index (χ2v) is 9.03. The fourth-order valence-corrected chi connectivity index (χ4v) is 4.77. The summed E-state index contributed by atoms with van der Waals surface area (Å²) in [4.78, 5) is 19.6. The van der Waals surface area contributed by atoms with Gasteiger partial charge in [-0.3, -0.25) is 9.69 Å². The van der Waals surface area contributed by atoms with Gasteiger partial charge in [0, 0.05) is 25.0 Å². The SMILES string of the molecule is Cc1cc2onc(CC(=O)Nc3nc4ccc(CN5CCOCC5)cc4s3)c2cc1C. The zero-order valence-electron chi connectivity index (χ0n) is 17.6. The van der Waals surface area contributed by atoms with Gasteiger partial charge in [-0.25, -0.2) is 4.98 Å². The number of thiazole rings is 1. The van der Waals surface area contributed by atoms with Crippen molar-refractivity contribution in [2.75, 3.05) is 31.6 Å². The number of nitrogens with zero attached hydrogens (tertiary/aromatic N) is 3. The van der Waals surface area contributed by atoms with Crippen LogP contribution in [-0.4, -0.2) is 47.3 Å². The minimum absolute atomic E-state index is 0.147. The number of amides is 1. The van der Waals surface area contributed by atoms with E-state index in [0.29, 0.717) is 16.4 Å². The van der Waals surface area contributed by atoms with Gasteiger partial charge in [-0.1, -0.05) is 22.6 Å². The topological polar surface area (TPSA) is 80.5 Å². The van der Waals surface area contributed by atoms with E-state index in [0.717, 1.165) is 59.6 Å². The predicted molar refractivity (Wildman–Crippen MR) is 122 cm³/mol. The van der Waals surface area contributed by atoms with E-state index in [1.807, 2.05) is 32.0 Å². The van der Waals surface area contributed by atoms with Crippen LogP contribution in [0.3, 0.4) is 0 Å². The molecule has 1 aliphatic rings. The lowest BCUT2D eigenvalue weighted by atomic mass is 10.1. The molecular formula is C23H24N4O3S. The highest BCUT2D eigenvalue weighted by atomic mass is 32.1. The molecule has 8 heteroatoms.